The first-order valence-electron chi connectivity index (χ1n) is 9.03. The molecule has 0 aliphatic rings. The largest absolute Gasteiger partial charge is 0.326 e. The van der Waals surface area contributed by atoms with Crippen molar-refractivity contribution in [3.05, 3.63) is 76.9 Å². The maximum atomic E-state index is 12.9. The number of amides is 2. The normalized spacial score (nSPS) is 10.6. The van der Waals surface area contributed by atoms with Crippen molar-refractivity contribution in [3.63, 3.8) is 0 Å². The molecule has 0 unspecified atom stereocenters. The summed E-state index contributed by atoms with van der Waals surface area (Å²) in [5, 5.41) is 6.34. The van der Waals surface area contributed by atoms with Crippen molar-refractivity contribution in [2.45, 2.75) is 23.8 Å². The Kier molecular flexibility index (Phi) is 7.06. The monoisotopic (exact) mass is 469 g/mol. The number of pyridine rings is 1. The molecular formula is C22H20BrN3O2S. The summed E-state index contributed by atoms with van der Waals surface area (Å²) >= 11 is 4.85. The molecule has 5 nitrogen and oxygen atoms in total. The lowest BCUT2D eigenvalue weighted by Gasteiger charge is -2.11. The van der Waals surface area contributed by atoms with Crippen LogP contribution in [-0.4, -0.2) is 16.8 Å². The number of carbonyl (C=O) groups is 2. The van der Waals surface area contributed by atoms with Crippen LogP contribution in [0.1, 0.15) is 24.2 Å². The van der Waals surface area contributed by atoms with Crippen molar-refractivity contribution in [2.24, 2.45) is 5.92 Å². The molecule has 2 aromatic carbocycles. The van der Waals surface area contributed by atoms with E-state index in [4.69, 9.17) is 0 Å². The summed E-state index contributed by atoms with van der Waals surface area (Å²) in [6.07, 6.45) is 1.67. The smallest absolute Gasteiger partial charge is 0.258 e. The summed E-state index contributed by atoms with van der Waals surface area (Å²) < 4.78 is 0.991. The van der Waals surface area contributed by atoms with E-state index in [1.807, 2.05) is 38.1 Å². The Bertz CT molecular complexity index is 1020. The minimum absolute atomic E-state index is 0.0751. The molecule has 0 fully saturated rings. The number of hydrogen-bond acceptors (Lipinski definition) is 4. The molecule has 2 N–H and O–H groups in total. The maximum Gasteiger partial charge on any atom is 0.258 e. The van der Waals surface area contributed by atoms with Gasteiger partial charge in [-0.05, 0) is 54.6 Å². The Morgan fingerprint density at radius 1 is 0.966 bits per heavy atom. The van der Waals surface area contributed by atoms with Gasteiger partial charge in [-0.15, -0.1) is 0 Å². The highest BCUT2D eigenvalue weighted by Crippen LogP contribution is 2.30. The van der Waals surface area contributed by atoms with Gasteiger partial charge in [0.25, 0.3) is 5.91 Å². The molecule has 0 aliphatic carbocycles. The van der Waals surface area contributed by atoms with Crippen molar-refractivity contribution in [1.29, 1.82) is 0 Å². The quantitative estimate of drug-likeness (QED) is 0.475. The Labute approximate surface area is 182 Å². The van der Waals surface area contributed by atoms with Crippen LogP contribution in [0.15, 0.2) is 81.3 Å². The molecule has 0 spiro atoms. The van der Waals surface area contributed by atoms with Crippen molar-refractivity contribution >= 4 is 50.9 Å². The summed E-state index contributed by atoms with van der Waals surface area (Å²) in [4.78, 5) is 30.1. The second kappa shape index (κ2) is 9.71. The van der Waals surface area contributed by atoms with Gasteiger partial charge in [-0.2, -0.15) is 0 Å². The van der Waals surface area contributed by atoms with Gasteiger partial charge in [0.1, 0.15) is 5.03 Å². The fourth-order valence-electron chi connectivity index (χ4n) is 2.42. The van der Waals surface area contributed by atoms with Gasteiger partial charge in [0, 0.05) is 32.9 Å². The van der Waals surface area contributed by atoms with E-state index in [0.29, 0.717) is 22.0 Å². The number of aromatic nitrogens is 1. The minimum atomic E-state index is -0.259. The van der Waals surface area contributed by atoms with Crippen molar-refractivity contribution < 1.29 is 9.59 Å². The highest BCUT2D eigenvalue weighted by atomic mass is 79.9. The van der Waals surface area contributed by atoms with Crippen molar-refractivity contribution in [1.82, 2.24) is 4.98 Å². The molecule has 0 saturated heterocycles. The lowest BCUT2D eigenvalue weighted by Crippen LogP contribution is -2.18. The molecule has 0 saturated carbocycles. The van der Waals surface area contributed by atoms with Gasteiger partial charge in [-0.3, -0.25) is 9.59 Å². The van der Waals surface area contributed by atoms with E-state index in [2.05, 4.69) is 31.5 Å². The maximum absolute atomic E-state index is 12.9. The third-order valence-electron chi connectivity index (χ3n) is 3.96. The average Bonchev–Trinajstić information content (AvgIpc) is 2.70. The average molecular weight is 470 g/mol. The van der Waals surface area contributed by atoms with Crippen LogP contribution < -0.4 is 10.6 Å². The zero-order chi connectivity index (χ0) is 20.8. The molecule has 7 heteroatoms. The van der Waals surface area contributed by atoms with E-state index in [-0.39, 0.29) is 17.7 Å². The van der Waals surface area contributed by atoms with E-state index in [0.717, 1.165) is 9.37 Å². The van der Waals surface area contributed by atoms with Gasteiger partial charge in [0.05, 0.1) is 5.56 Å². The zero-order valence-corrected chi connectivity index (χ0v) is 18.4. The number of rotatable bonds is 6. The Balaban J connectivity index is 1.76. The SMILES string of the molecule is CC(C)C(=O)Nc1cccc(NC(=O)c2cccnc2Sc2ccc(Br)cc2)c1. The van der Waals surface area contributed by atoms with Crippen LogP contribution in [0.25, 0.3) is 0 Å². The Morgan fingerprint density at radius 2 is 1.66 bits per heavy atom. The van der Waals surface area contributed by atoms with E-state index in [9.17, 15) is 9.59 Å². The molecule has 29 heavy (non-hydrogen) atoms. The Morgan fingerprint density at radius 3 is 2.34 bits per heavy atom. The molecular weight excluding hydrogens is 450 g/mol. The summed E-state index contributed by atoms with van der Waals surface area (Å²) in [7, 11) is 0. The van der Waals surface area contributed by atoms with Gasteiger partial charge in [-0.25, -0.2) is 4.98 Å². The third kappa shape index (κ3) is 5.92. The van der Waals surface area contributed by atoms with Gasteiger partial charge in [0.2, 0.25) is 5.91 Å². The molecule has 0 aliphatic heterocycles. The van der Waals surface area contributed by atoms with Crippen LogP contribution in [0.5, 0.6) is 0 Å². The molecule has 2 amide bonds. The Hall–Kier alpha value is -2.64. The number of carbonyl (C=O) groups excluding carboxylic acids is 2. The predicted octanol–water partition coefficient (Wildman–Crippen LogP) is 5.84. The standard InChI is InChI=1S/C22H20BrN3O2S/c1-14(2)20(27)25-16-5-3-6-17(13-16)26-21(28)19-7-4-12-24-22(19)29-18-10-8-15(23)9-11-18/h3-14H,1-2H3,(H,25,27)(H,26,28). The van der Waals surface area contributed by atoms with Crippen LogP contribution in [-0.2, 0) is 4.79 Å². The molecule has 3 rings (SSSR count). The molecule has 0 bridgehead atoms. The molecule has 0 atom stereocenters. The number of benzene rings is 2. The van der Waals surface area contributed by atoms with Crippen LogP contribution in [0.2, 0.25) is 0 Å². The van der Waals surface area contributed by atoms with E-state index < -0.39 is 0 Å². The first-order valence-corrected chi connectivity index (χ1v) is 10.6. The van der Waals surface area contributed by atoms with Gasteiger partial charge in [0.15, 0.2) is 0 Å². The van der Waals surface area contributed by atoms with Crippen LogP contribution >= 0.6 is 27.7 Å². The summed E-state index contributed by atoms with van der Waals surface area (Å²) in [5.74, 6) is -0.458. The van der Waals surface area contributed by atoms with E-state index in [1.54, 1.807) is 42.6 Å². The fourth-order valence-corrected chi connectivity index (χ4v) is 3.56. The minimum Gasteiger partial charge on any atom is -0.326 e. The molecule has 1 aromatic heterocycles. The second-order valence-electron chi connectivity index (χ2n) is 6.59. The zero-order valence-electron chi connectivity index (χ0n) is 16.0. The summed E-state index contributed by atoms with van der Waals surface area (Å²) in [5.41, 5.74) is 1.72. The lowest BCUT2D eigenvalue weighted by molar-refractivity contribution is -0.118. The molecule has 148 valence electrons. The molecule has 3 aromatic rings. The van der Waals surface area contributed by atoms with Gasteiger partial charge < -0.3 is 10.6 Å². The van der Waals surface area contributed by atoms with Crippen LogP contribution in [0, 0.1) is 5.92 Å². The topological polar surface area (TPSA) is 71.1 Å². The predicted molar refractivity (Wildman–Crippen MR) is 120 cm³/mol. The number of hydrogen-bond donors (Lipinski definition) is 2. The van der Waals surface area contributed by atoms with Crippen LogP contribution in [0.3, 0.4) is 0 Å². The van der Waals surface area contributed by atoms with Crippen molar-refractivity contribution in [2.75, 3.05) is 10.6 Å². The lowest BCUT2D eigenvalue weighted by atomic mass is 10.2. The number of nitrogens with zero attached hydrogens (tertiary/aromatic N) is 1. The molecule has 0 radical (unpaired) electrons. The fraction of sp³-hybridized carbons (Fsp3) is 0.136. The first-order chi connectivity index (χ1) is 13.9. The van der Waals surface area contributed by atoms with Crippen LogP contribution in [0.4, 0.5) is 11.4 Å². The van der Waals surface area contributed by atoms with Gasteiger partial charge in [-0.1, -0.05) is 47.6 Å². The van der Waals surface area contributed by atoms with E-state index >= 15 is 0 Å². The number of anilines is 2. The summed E-state index contributed by atoms with van der Waals surface area (Å²) in [6.45, 7) is 3.65. The number of halogens is 1. The van der Waals surface area contributed by atoms with Gasteiger partial charge >= 0.3 is 0 Å². The first kappa shape index (κ1) is 21.1. The summed E-state index contributed by atoms with van der Waals surface area (Å²) in [6, 6.07) is 18.4. The third-order valence-corrected chi connectivity index (χ3v) is 5.51. The number of nitrogens with one attached hydrogen (secondary N) is 2. The highest BCUT2D eigenvalue weighted by molar-refractivity contribution is 9.10. The highest BCUT2D eigenvalue weighted by Gasteiger charge is 2.14. The molecule has 1 heterocycles. The van der Waals surface area contributed by atoms with Crippen molar-refractivity contribution in [3.8, 4) is 0 Å². The second-order valence-corrected chi connectivity index (χ2v) is 8.57. The van der Waals surface area contributed by atoms with E-state index in [1.165, 1.54) is 11.8 Å².